The molecule has 0 spiro atoms. The maximum absolute atomic E-state index is 12.3. The van der Waals surface area contributed by atoms with Crippen LogP contribution in [0.5, 0.6) is 0 Å². The van der Waals surface area contributed by atoms with Gasteiger partial charge in [-0.25, -0.2) is 13.1 Å². The number of sulfonamides is 1. The van der Waals surface area contributed by atoms with Gasteiger partial charge in [0.2, 0.25) is 10.0 Å². The Morgan fingerprint density at radius 1 is 1.15 bits per heavy atom. The molecule has 0 aliphatic rings. The van der Waals surface area contributed by atoms with Gasteiger partial charge in [0.05, 0.1) is 11.8 Å². The van der Waals surface area contributed by atoms with Crippen molar-refractivity contribution in [3.63, 3.8) is 0 Å². The molecule has 1 aromatic carbocycles. The summed E-state index contributed by atoms with van der Waals surface area (Å²) in [6, 6.07) is 3.73. The fourth-order valence-corrected chi connectivity index (χ4v) is 1.80. The molecule has 0 saturated carbocycles. The van der Waals surface area contributed by atoms with Gasteiger partial charge in [-0.2, -0.15) is 13.2 Å². The highest BCUT2D eigenvalue weighted by molar-refractivity contribution is 7.88. The van der Waals surface area contributed by atoms with Crippen molar-refractivity contribution in [2.45, 2.75) is 6.18 Å². The molecule has 0 heterocycles. The molecule has 0 saturated heterocycles. The minimum Gasteiger partial charge on any atom is -0.351 e. The smallest absolute Gasteiger partial charge is 0.351 e. The molecule has 0 bridgehead atoms. The molecular weight excluding hydrogens is 297 g/mol. The number of carbonyl (C=O) groups excluding carboxylic acids is 1. The number of hydrogen-bond acceptors (Lipinski definition) is 3. The summed E-state index contributed by atoms with van der Waals surface area (Å²) in [7, 11) is -3.33. The molecule has 0 aliphatic carbocycles. The van der Waals surface area contributed by atoms with Crippen LogP contribution in [0.15, 0.2) is 24.3 Å². The van der Waals surface area contributed by atoms with Crippen molar-refractivity contribution in [2.24, 2.45) is 0 Å². The maximum Gasteiger partial charge on any atom is 0.416 e. The number of amides is 1. The van der Waals surface area contributed by atoms with Crippen molar-refractivity contribution in [2.75, 3.05) is 19.3 Å². The number of alkyl halides is 3. The van der Waals surface area contributed by atoms with Crippen LogP contribution >= 0.6 is 0 Å². The number of nitrogens with one attached hydrogen (secondary N) is 2. The number of hydrogen-bond donors (Lipinski definition) is 2. The SMILES string of the molecule is CS(=O)(=O)NCCNC(=O)c1ccc(C(F)(F)F)cc1. The van der Waals surface area contributed by atoms with E-state index < -0.39 is 27.7 Å². The van der Waals surface area contributed by atoms with E-state index in [0.717, 1.165) is 30.5 Å². The predicted molar refractivity (Wildman–Crippen MR) is 66.6 cm³/mol. The average Bonchev–Trinajstić information content (AvgIpc) is 2.32. The molecule has 1 amide bonds. The van der Waals surface area contributed by atoms with E-state index in [1.807, 2.05) is 0 Å². The van der Waals surface area contributed by atoms with Gasteiger partial charge in [-0.3, -0.25) is 4.79 Å². The van der Waals surface area contributed by atoms with Gasteiger partial charge in [0, 0.05) is 18.7 Å². The lowest BCUT2D eigenvalue weighted by atomic mass is 10.1. The summed E-state index contributed by atoms with van der Waals surface area (Å²) in [6.45, 7) is 0.0398. The first-order valence-corrected chi connectivity index (χ1v) is 7.39. The third-order valence-corrected chi connectivity index (χ3v) is 2.98. The van der Waals surface area contributed by atoms with E-state index in [2.05, 4.69) is 10.0 Å². The van der Waals surface area contributed by atoms with Crippen molar-refractivity contribution in [1.82, 2.24) is 10.0 Å². The zero-order valence-corrected chi connectivity index (χ0v) is 11.3. The molecule has 0 unspecified atom stereocenters. The summed E-state index contributed by atoms with van der Waals surface area (Å²) in [4.78, 5) is 11.6. The van der Waals surface area contributed by atoms with E-state index in [1.165, 1.54) is 0 Å². The summed E-state index contributed by atoms with van der Waals surface area (Å²) in [5.41, 5.74) is -0.773. The average molecular weight is 310 g/mol. The second-order valence-electron chi connectivity index (χ2n) is 4.00. The second-order valence-corrected chi connectivity index (χ2v) is 5.83. The van der Waals surface area contributed by atoms with Crippen molar-refractivity contribution < 1.29 is 26.4 Å². The second kappa shape index (κ2) is 6.23. The minimum atomic E-state index is -4.45. The number of carbonyl (C=O) groups is 1. The van der Waals surface area contributed by atoms with Crippen LogP contribution in [0.1, 0.15) is 15.9 Å². The van der Waals surface area contributed by atoms with Crippen LogP contribution in [0, 0.1) is 0 Å². The van der Waals surface area contributed by atoms with Gasteiger partial charge >= 0.3 is 6.18 Å². The van der Waals surface area contributed by atoms with Gasteiger partial charge in [0.1, 0.15) is 0 Å². The largest absolute Gasteiger partial charge is 0.416 e. The van der Waals surface area contributed by atoms with Gasteiger partial charge in [-0.1, -0.05) is 0 Å². The Hall–Kier alpha value is -1.61. The molecule has 1 rings (SSSR count). The minimum absolute atomic E-state index is 0.00517. The highest BCUT2D eigenvalue weighted by Crippen LogP contribution is 2.28. The molecule has 0 fully saturated rings. The van der Waals surface area contributed by atoms with Crippen molar-refractivity contribution >= 4 is 15.9 Å². The third-order valence-electron chi connectivity index (χ3n) is 2.25. The van der Waals surface area contributed by atoms with E-state index in [1.54, 1.807) is 0 Å². The van der Waals surface area contributed by atoms with Gasteiger partial charge < -0.3 is 5.32 Å². The summed E-state index contributed by atoms with van der Waals surface area (Å²) in [5, 5.41) is 2.38. The van der Waals surface area contributed by atoms with Gasteiger partial charge in [-0.15, -0.1) is 0 Å². The van der Waals surface area contributed by atoms with E-state index in [9.17, 15) is 26.4 Å². The highest BCUT2D eigenvalue weighted by atomic mass is 32.2. The van der Waals surface area contributed by atoms with E-state index in [4.69, 9.17) is 0 Å². The molecule has 5 nitrogen and oxygen atoms in total. The van der Waals surface area contributed by atoms with Crippen LogP contribution in [0.2, 0.25) is 0 Å². The van der Waals surface area contributed by atoms with Crippen molar-refractivity contribution in [3.05, 3.63) is 35.4 Å². The van der Waals surface area contributed by atoms with Crippen molar-refractivity contribution in [3.8, 4) is 0 Å². The van der Waals surface area contributed by atoms with E-state index in [-0.39, 0.29) is 18.7 Å². The zero-order chi connectivity index (χ0) is 15.4. The molecule has 0 atom stereocenters. The fraction of sp³-hybridized carbons (Fsp3) is 0.364. The van der Waals surface area contributed by atoms with Crippen LogP contribution in [-0.4, -0.2) is 33.7 Å². The summed E-state index contributed by atoms with van der Waals surface area (Å²) in [5.74, 6) is -0.575. The van der Waals surface area contributed by atoms with Crippen LogP contribution < -0.4 is 10.0 Å². The molecule has 0 radical (unpaired) electrons. The van der Waals surface area contributed by atoms with Gasteiger partial charge in [0.25, 0.3) is 5.91 Å². The Morgan fingerprint density at radius 3 is 2.15 bits per heavy atom. The third kappa shape index (κ3) is 5.57. The quantitative estimate of drug-likeness (QED) is 0.796. The molecule has 9 heteroatoms. The fourth-order valence-electron chi connectivity index (χ4n) is 1.33. The first-order valence-electron chi connectivity index (χ1n) is 5.50. The molecule has 112 valence electrons. The normalized spacial score (nSPS) is 12.2. The number of rotatable bonds is 5. The topological polar surface area (TPSA) is 75.3 Å². The van der Waals surface area contributed by atoms with Crippen LogP contribution in [0.25, 0.3) is 0 Å². The number of benzene rings is 1. The summed E-state index contributed by atoms with van der Waals surface area (Å²) >= 11 is 0. The van der Waals surface area contributed by atoms with E-state index in [0.29, 0.717) is 0 Å². The Morgan fingerprint density at radius 2 is 1.70 bits per heavy atom. The zero-order valence-electron chi connectivity index (χ0n) is 10.5. The van der Waals surface area contributed by atoms with Crippen molar-refractivity contribution in [1.29, 1.82) is 0 Å². The monoisotopic (exact) mass is 310 g/mol. The Balaban J connectivity index is 2.52. The predicted octanol–water partition coefficient (Wildman–Crippen LogP) is 0.984. The standard InChI is InChI=1S/C11H13F3N2O3S/c1-20(18,19)16-7-6-15-10(17)8-2-4-9(5-3-8)11(12,13)14/h2-5,16H,6-7H2,1H3,(H,15,17). The van der Waals surface area contributed by atoms with Crippen LogP contribution in [0.4, 0.5) is 13.2 Å². The Labute approximate surface area is 114 Å². The Kier molecular flexibility index (Phi) is 5.12. The Bertz CT molecular complexity index is 568. The highest BCUT2D eigenvalue weighted by Gasteiger charge is 2.30. The summed E-state index contributed by atoms with van der Waals surface area (Å²) < 4.78 is 60.6. The first-order chi connectivity index (χ1) is 9.09. The molecule has 2 N–H and O–H groups in total. The lowest BCUT2D eigenvalue weighted by Crippen LogP contribution is -2.34. The van der Waals surface area contributed by atoms with Crippen LogP contribution in [-0.2, 0) is 16.2 Å². The lowest BCUT2D eigenvalue weighted by molar-refractivity contribution is -0.137. The van der Waals surface area contributed by atoms with E-state index >= 15 is 0 Å². The van der Waals surface area contributed by atoms with Crippen LogP contribution in [0.3, 0.4) is 0 Å². The number of halogens is 3. The summed E-state index contributed by atoms with van der Waals surface area (Å²) in [6.07, 6.45) is -3.47. The first kappa shape index (κ1) is 16.4. The molecule has 20 heavy (non-hydrogen) atoms. The molecule has 1 aromatic rings. The van der Waals surface area contributed by atoms with Gasteiger partial charge in [0.15, 0.2) is 0 Å². The lowest BCUT2D eigenvalue weighted by Gasteiger charge is -2.08. The maximum atomic E-state index is 12.3. The molecule has 0 aliphatic heterocycles. The van der Waals surface area contributed by atoms with Gasteiger partial charge in [-0.05, 0) is 24.3 Å². The molecule has 0 aromatic heterocycles. The molecular formula is C11H13F3N2O3S.